The molecule has 0 aromatic heterocycles. The summed E-state index contributed by atoms with van der Waals surface area (Å²) in [4.78, 5) is 29.9. The molecule has 0 aliphatic heterocycles. The SMILES string of the molecule is CC(C)Nc1c([N+](=O)[O-])c(Cl)c([N+](=O)[O-])c(Cl)c1[N+](=O)[O-]. The van der Waals surface area contributed by atoms with Gasteiger partial charge in [-0.05, 0) is 13.8 Å². The number of nitrogens with one attached hydrogen (secondary N) is 1. The number of hydrogen-bond acceptors (Lipinski definition) is 7. The summed E-state index contributed by atoms with van der Waals surface area (Å²) in [5, 5.41) is 33.8. The standard InChI is InChI=1S/C9H8Cl2N4O6/c1-3(2)12-6-8(14(18)19)4(10)7(13(16)17)5(11)9(6)15(20)21/h3,12H,1-2H3. The van der Waals surface area contributed by atoms with Gasteiger partial charge in [-0.2, -0.15) is 0 Å². The van der Waals surface area contributed by atoms with Crippen molar-refractivity contribution in [3.63, 3.8) is 0 Å². The first kappa shape index (κ1) is 16.9. The molecule has 1 rings (SSSR count). The highest BCUT2D eigenvalue weighted by atomic mass is 35.5. The van der Waals surface area contributed by atoms with Gasteiger partial charge in [-0.1, -0.05) is 23.2 Å². The quantitative estimate of drug-likeness (QED) is 0.638. The first-order valence-electron chi connectivity index (χ1n) is 5.34. The van der Waals surface area contributed by atoms with Crippen LogP contribution in [0.3, 0.4) is 0 Å². The highest BCUT2D eigenvalue weighted by molar-refractivity contribution is 6.42. The molecule has 0 spiro atoms. The number of anilines is 1. The zero-order valence-corrected chi connectivity index (χ0v) is 12.1. The van der Waals surface area contributed by atoms with Crippen molar-refractivity contribution in [1.82, 2.24) is 0 Å². The third-order valence-electron chi connectivity index (χ3n) is 2.29. The van der Waals surface area contributed by atoms with Crippen LogP contribution in [-0.4, -0.2) is 20.8 Å². The monoisotopic (exact) mass is 338 g/mol. The predicted molar refractivity (Wildman–Crippen MR) is 75.2 cm³/mol. The molecule has 0 saturated heterocycles. The Balaban J connectivity index is 3.95. The molecule has 0 aliphatic carbocycles. The number of nitro groups is 3. The molecule has 12 heteroatoms. The van der Waals surface area contributed by atoms with E-state index in [1.807, 2.05) is 0 Å². The van der Waals surface area contributed by atoms with Crippen LogP contribution in [0, 0.1) is 30.3 Å². The molecule has 0 aliphatic rings. The second-order valence-electron chi connectivity index (χ2n) is 4.12. The molecule has 0 bridgehead atoms. The van der Waals surface area contributed by atoms with Crippen LogP contribution in [-0.2, 0) is 0 Å². The van der Waals surface area contributed by atoms with Gasteiger partial charge in [0.15, 0.2) is 5.69 Å². The van der Waals surface area contributed by atoms with E-state index in [4.69, 9.17) is 23.2 Å². The smallest absolute Gasteiger partial charge is 0.325 e. The first-order valence-corrected chi connectivity index (χ1v) is 6.09. The van der Waals surface area contributed by atoms with Crippen LogP contribution in [0.4, 0.5) is 22.7 Å². The topological polar surface area (TPSA) is 141 Å². The third-order valence-corrected chi connectivity index (χ3v) is 3.00. The van der Waals surface area contributed by atoms with Gasteiger partial charge in [-0.15, -0.1) is 0 Å². The molecule has 1 N–H and O–H groups in total. The minimum Gasteiger partial charge on any atom is -0.372 e. The van der Waals surface area contributed by atoms with E-state index in [0.717, 1.165) is 0 Å². The first-order chi connectivity index (χ1) is 9.59. The minimum atomic E-state index is -1.11. The van der Waals surface area contributed by atoms with Crippen molar-refractivity contribution in [2.24, 2.45) is 0 Å². The van der Waals surface area contributed by atoms with Crippen LogP contribution in [0.5, 0.6) is 0 Å². The Kier molecular flexibility index (Phi) is 4.86. The van der Waals surface area contributed by atoms with Gasteiger partial charge in [0.25, 0.3) is 0 Å². The number of rotatable bonds is 5. The van der Waals surface area contributed by atoms with Crippen molar-refractivity contribution in [2.45, 2.75) is 19.9 Å². The van der Waals surface area contributed by atoms with Crippen LogP contribution >= 0.6 is 23.2 Å². The molecule has 21 heavy (non-hydrogen) atoms. The average Bonchev–Trinajstić information content (AvgIpc) is 2.25. The van der Waals surface area contributed by atoms with Crippen molar-refractivity contribution in [1.29, 1.82) is 0 Å². The zero-order valence-electron chi connectivity index (χ0n) is 10.6. The van der Waals surface area contributed by atoms with E-state index in [1.54, 1.807) is 13.8 Å². The van der Waals surface area contributed by atoms with Crippen molar-refractivity contribution >= 4 is 46.0 Å². The molecular weight excluding hydrogens is 331 g/mol. The van der Waals surface area contributed by atoms with Gasteiger partial charge in [0.05, 0.1) is 14.8 Å². The molecule has 114 valence electrons. The Morgan fingerprint density at radius 2 is 1.19 bits per heavy atom. The number of halogens is 2. The van der Waals surface area contributed by atoms with Crippen LogP contribution in [0.1, 0.15) is 13.8 Å². The Labute approximate surface area is 127 Å². The summed E-state index contributed by atoms with van der Waals surface area (Å²) < 4.78 is 0. The van der Waals surface area contributed by atoms with Gasteiger partial charge >= 0.3 is 17.1 Å². The number of hydrogen-bond donors (Lipinski definition) is 1. The van der Waals surface area contributed by atoms with E-state index in [-0.39, 0.29) is 0 Å². The van der Waals surface area contributed by atoms with Crippen LogP contribution in [0.2, 0.25) is 10.0 Å². The molecule has 1 aromatic rings. The maximum atomic E-state index is 11.1. The van der Waals surface area contributed by atoms with Crippen LogP contribution in [0.15, 0.2) is 0 Å². The van der Waals surface area contributed by atoms with Crippen LogP contribution < -0.4 is 5.32 Å². The molecule has 0 amide bonds. The molecule has 10 nitrogen and oxygen atoms in total. The fraction of sp³-hybridized carbons (Fsp3) is 0.333. The van der Waals surface area contributed by atoms with Gasteiger partial charge in [0.2, 0.25) is 10.0 Å². The van der Waals surface area contributed by atoms with E-state index < -0.39 is 53.6 Å². The van der Waals surface area contributed by atoms with Crippen molar-refractivity contribution in [2.75, 3.05) is 5.32 Å². The third kappa shape index (κ3) is 3.11. The summed E-state index contributed by atoms with van der Waals surface area (Å²) in [6, 6.07) is -0.434. The fourth-order valence-electron chi connectivity index (χ4n) is 1.58. The van der Waals surface area contributed by atoms with Crippen molar-refractivity contribution < 1.29 is 14.8 Å². The van der Waals surface area contributed by atoms with Crippen LogP contribution in [0.25, 0.3) is 0 Å². The van der Waals surface area contributed by atoms with Gasteiger partial charge < -0.3 is 5.32 Å². The summed E-state index contributed by atoms with van der Waals surface area (Å²) in [7, 11) is 0. The van der Waals surface area contributed by atoms with E-state index in [2.05, 4.69) is 5.32 Å². The summed E-state index contributed by atoms with van der Waals surface area (Å²) in [6.07, 6.45) is 0. The summed E-state index contributed by atoms with van der Waals surface area (Å²) in [5.41, 5.74) is -3.58. The fourth-order valence-corrected chi connectivity index (χ4v) is 2.28. The molecule has 0 atom stereocenters. The maximum Gasteiger partial charge on any atom is 0.325 e. The van der Waals surface area contributed by atoms with E-state index in [1.165, 1.54) is 0 Å². The van der Waals surface area contributed by atoms with Gasteiger partial charge in [-0.25, -0.2) is 0 Å². The Bertz CT molecular complexity index is 607. The highest BCUT2D eigenvalue weighted by Gasteiger charge is 2.41. The molecular formula is C9H8Cl2N4O6. The minimum absolute atomic E-state index is 0.434. The molecule has 0 unspecified atom stereocenters. The maximum absolute atomic E-state index is 11.1. The number of nitrogens with zero attached hydrogens (tertiary/aromatic N) is 3. The Morgan fingerprint density at radius 3 is 1.43 bits per heavy atom. The number of benzene rings is 1. The predicted octanol–water partition coefficient (Wildman–Crippen LogP) is 3.54. The lowest BCUT2D eigenvalue weighted by Gasteiger charge is -2.12. The molecule has 0 heterocycles. The van der Waals surface area contributed by atoms with Gasteiger partial charge in [0.1, 0.15) is 0 Å². The molecule has 0 fully saturated rings. The second kappa shape index (κ2) is 6.06. The Morgan fingerprint density at radius 1 is 0.857 bits per heavy atom. The summed E-state index contributed by atoms with van der Waals surface area (Å²) in [5.74, 6) is 0. The largest absolute Gasteiger partial charge is 0.372 e. The van der Waals surface area contributed by atoms with E-state index >= 15 is 0 Å². The molecule has 1 aromatic carbocycles. The normalized spacial score (nSPS) is 10.5. The number of nitro benzene ring substituents is 3. The average molecular weight is 339 g/mol. The van der Waals surface area contributed by atoms with E-state index in [9.17, 15) is 30.3 Å². The van der Waals surface area contributed by atoms with Crippen molar-refractivity contribution in [3.8, 4) is 0 Å². The molecule has 0 radical (unpaired) electrons. The lowest BCUT2D eigenvalue weighted by molar-refractivity contribution is -0.401. The zero-order chi connectivity index (χ0) is 16.5. The van der Waals surface area contributed by atoms with Crippen molar-refractivity contribution in [3.05, 3.63) is 40.4 Å². The second-order valence-corrected chi connectivity index (χ2v) is 4.88. The lowest BCUT2D eigenvalue weighted by atomic mass is 10.2. The summed E-state index contributed by atoms with van der Waals surface area (Å²) >= 11 is 11.3. The Hall–Kier alpha value is -2.20. The van der Waals surface area contributed by atoms with Gasteiger partial charge in [-0.3, -0.25) is 30.3 Å². The van der Waals surface area contributed by atoms with Gasteiger partial charge in [0, 0.05) is 6.04 Å². The summed E-state index contributed by atoms with van der Waals surface area (Å²) in [6.45, 7) is 3.13. The molecule has 0 saturated carbocycles. The highest BCUT2D eigenvalue weighted by Crippen LogP contribution is 2.51. The van der Waals surface area contributed by atoms with E-state index in [0.29, 0.717) is 0 Å². The lowest BCUT2D eigenvalue weighted by Crippen LogP contribution is -2.14.